The number of methoxy groups -OCH3 is 1. The van der Waals surface area contributed by atoms with Gasteiger partial charge in [-0.2, -0.15) is 0 Å². The molecule has 8 nitrogen and oxygen atoms in total. The number of aromatic nitrogens is 5. The Morgan fingerprint density at radius 3 is 2.73 bits per heavy atom. The second-order valence-corrected chi connectivity index (χ2v) is 4.88. The maximum absolute atomic E-state index is 12.1. The van der Waals surface area contributed by atoms with Gasteiger partial charge in [0.15, 0.2) is 17.0 Å². The van der Waals surface area contributed by atoms with E-state index in [1.165, 1.54) is 14.2 Å². The van der Waals surface area contributed by atoms with Gasteiger partial charge in [0.1, 0.15) is 5.75 Å². The minimum absolute atomic E-state index is 0.0269. The number of aromatic amines is 1. The monoisotopic (exact) mass is 319 g/mol. The number of nitrogens with zero attached hydrogens (tertiary/aromatic N) is 4. The van der Waals surface area contributed by atoms with Crippen LogP contribution in [-0.2, 0) is 7.05 Å². The molecule has 3 rings (SSSR count). The van der Waals surface area contributed by atoms with Crippen molar-refractivity contribution in [2.75, 3.05) is 7.11 Å². The van der Waals surface area contributed by atoms with E-state index >= 15 is 0 Å². The van der Waals surface area contributed by atoms with Crippen molar-refractivity contribution in [1.82, 2.24) is 24.7 Å². The molecule has 0 unspecified atom stereocenters. The van der Waals surface area contributed by atoms with Gasteiger partial charge >= 0.3 is 5.69 Å². The maximum atomic E-state index is 12.1. The number of H-pyrrole nitrogens is 1. The van der Waals surface area contributed by atoms with Crippen LogP contribution in [0.3, 0.4) is 0 Å². The summed E-state index contributed by atoms with van der Waals surface area (Å²) >= 11 is 6.06. The molecule has 0 saturated carbocycles. The summed E-state index contributed by atoms with van der Waals surface area (Å²) in [5.41, 5.74) is -0.479. The van der Waals surface area contributed by atoms with Crippen LogP contribution in [0.5, 0.6) is 5.75 Å². The van der Waals surface area contributed by atoms with E-state index in [0.29, 0.717) is 16.3 Å². The third kappa shape index (κ3) is 2.23. The molecular weight excluding hydrogens is 310 g/mol. The normalized spacial score (nSPS) is 10.9. The van der Waals surface area contributed by atoms with Crippen molar-refractivity contribution in [3.8, 4) is 17.1 Å². The Hall–Kier alpha value is -2.74. The predicted octanol–water partition coefficient (Wildman–Crippen LogP) is 0.741. The summed E-state index contributed by atoms with van der Waals surface area (Å²) in [4.78, 5) is 30.2. The third-order valence-electron chi connectivity index (χ3n) is 3.13. The SMILES string of the molecule is COc1ccc(-c2nnc3[nH]c(=O)n(C)c(=O)c3n2)cc1Cl. The summed E-state index contributed by atoms with van der Waals surface area (Å²) in [6, 6.07) is 4.97. The van der Waals surface area contributed by atoms with E-state index in [0.717, 1.165) is 4.57 Å². The number of nitrogens with one attached hydrogen (secondary N) is 1. The van der Waals surface area contributed by atoms with Crippen LogP contribution in [0.2, 0.25) is 5.02 Å². The van der Waals surface area contributed by atoms with Gasteiger partial charge in [0.25, 0.3) is 5.56 Å². The standard InChI is InChI=1S/C13H10ClN5O3/c1-19-12(20)9-11(16-13(19)21)18-17-10(15-9)6-3-4-8(22-2)7(14)5-6/h3-5H,1-2H3,(H,16,18,21). The summed E-state index contributed by atoms with van der Waals surface area (Å²) < 4.78 is 5.99. The average molecular weight is 320 g/mol. The number of rotatable bonds is 2. The summed E-state index contributed by atoms with van der Waals surface area (Å²) in [7, 11) is 2.86. The number of hydrogen-bond acceptors (Lipinski definition) is 6. The third-order valence-corrected chi connectivity index (χ3v) is 3.43. The molecule has 0 bridgehead atoms. The highest BCUT2D eigenvalue weighted by Gasteiger charge is 2.12. The maximum Gasteiger partial charge on any atom is 0.329 e. The van der Waals surface area contributed by atoms with E-state index in [2.05, 4.69) is 20.2 Å². The molecule has 2 aromatic heterocycles. The zero-order valence-electron chi connectivity index (χ0n) is 11.6. The van der Waals surface area contributed by atoms with Crippen molar-refractivity contribution in [3.05, 3.63) is 44.1 Å². The first-order chi connectivity index (χ1) is 10.5. The van der Waals surface area contributed by atoms with E-state index < -0.39 is 11.2 Å². The van der Waals surface area contributed by atoms with Gasteiger partial charge in [-0.25, -0.2) is 9.78 Å². The van der Waals surface area contributed by atoms with Crippen LogP contribution in [-0.4, -0.2) is 31.8 Å². The second kappa shape index (κ2) is 5.23. The lowest BCUT2D eigenvalue weighted by atomic mass is 10.2. The Morgan fingerprint density at radius 1 is 1.27 bits per heavy atom. The highest BCUT2D eigenvalue weighted by Crippen LogP contribution is 2.28. The van der Waals surface area contributed by atoms with Gasteiger partial charge in [-0.3, -0.25) is 14.3 Å². The van der Waals surface area contributed by atoms with Crippen LogP contribution in [0.15, 0.2) is 27.8 Å². The van der Waals surface area contributed by atoms with Crippen LogP contribution in [0.25, 0.3) is 22.6 Å². The molecule has 0 fully saturated rings. The zero-order valence-corrected chi connectivity index (χ0v) is 12.4. The van der Waals surface area contributed by atoms with Gasteiger partial charge in [0.05, 0.1) is 12.1 Å². The molecule has 2 heterocycles. The van der Waals surface area contributed by atoms with Crippen molar-refractivity contribution >= 4 is 22.8 Å². The molecule has 0 radical (unpaired) electrons. The number of ether oxygens (including phenoxy) is 1. The van der Waals surface area contributed by atoms with Gasteiger partial charge in [-0.15, -0.1) is 10.2 Å². The smallest absolute Gasteiger partial charge is 0.329 e. The fourth-order valence-electron chi connectivity index (χ4n) is 1.92. The summed E-state index contributed by atoms with van der Waals surface area (Å²) in [5.74, 6) is 0.737. The molecule has 0 aliphatic carbocycles. The Morgan fingerprint density at radius 2 is 2.05 bits per heavy atom. The molecule has 3 aromatic rings. The first kappa shape index (κ1) is 14.2. The fraction of sp³-hybridized carbons (Fsp3) is 0.154. The minimum Gasteiger partial charge on any atom is -0.495 e. The first-order valence-electron chi connectivity index (χ1n) is 6.19. The fourth-order valence-corrected chi connectivity index (χ4v) is 2.18. The molecule has 0 atom stereocenters. The largest absolute Gasteiger partial charge is 0.495 e. The van der Waals surface area contributed by atoms with Crippen molar-refractivity contribution in [2.45, 2.75) is 0 Å². The molecule has 112 valence electrons. The van der Waals surface area contributed by atoms with Crippen LogP contribution in [0, 0.1) is 0 Å². The average Bonchev–Trinajstić information content (AvgIpc) is 2.52. The lowest BCUT2D eigenvalue weighted by Gasteiger charge is -2.05. The Bertz CT molecular complexity index is 995. The van der Waals surface area contributed by atoms with E-state index in [1.807, 2.05) is 0 Å². The lowest BCUT2D eigenvalue weighted by Crippen LogP contribution is -2.33. The summed E-state index contributed by atoms with van der Waals surface area (Å²) in [6.45, 7) is 0. The van der Waals surface area contributed by atoms with E-state index in [-0.39, 0.29) is 17.0 Å². The topological polar surface area (TPSA) is 103 Å². The molecule has 1 N–H and O–H groups in total. The highest BCUT2D eigenvalue weighted by atomic mass is 35.5. The highest BCUT2D eigenvalue weighted by molar-refractivity contribution is 6.32. The number of hydrogen-bond donors (Lipinski definition) is 1. The predicted molar refractivity (Wildman–Crippen MR) is 80.2 cm³/mol. The van der Waals surface area contributed by atoms with Gasteiger partial charge < -0.3 is 4.74 Å². The van der Waals surface area contributed by atoms with Crippen LogP contribution in [0.1, 0.15) is 0 Å². The van der Waals surface area contributed by atoms with Crippen molar-refractivity contribution < 1.29 is 4.74 Å². The van der Waals surface area contributed by atoms with Gasteiger partial charge in [0.2, 0.25) is 0 Å². The summed E-state index contributed by atoms with van der Waals surface area (Å²) in [5, 5.41) is 8.13. The van der Waals surface area contributed by atoms with Crippen LogP contribution >= 0.6 is 11.6 Å². The molecular formula is C13H10ClN5O3. The molecule has 0 aliphatic rings. The van der Waals surface area contributed by atoms with E-state index in [1.54, 1.807) is 18.2 Å². The Balaban J connectivity index is 2.23. The quantitative estimate of drug-likeness (QED) is 0.747. The molecule has 9 heteroatoms. The summed E-state index contributed by atoms with van der Waals surface area (Å²) in [6.07, 6.45) is 0. The second-order valence-electron chi connectivity index (χ2n) is 4.48. The Kier molecular flexibility index (Phi) is 3.38. The molecule has 0 saturated heterocycles. The van der Waals surface area contributed by atoms with Crippen molar-refractivity contribution in [2.24, 2.45) is 7.05 Å². The molecule has 0 aliphatic heterocycles. The van der Waals surface area contributed by atoms with Crippen molar-refractivity contribution in [1.29, 1.82) is 0 Å². The Labute approximate surface area is 128 Å². The number of halogens is 1. The minimum atomic E-state index is -0.575. The van der Waals surface area contributed by atoms with Crippen LogP contribution < -0.4 is 16.0 Å². The van der Waals surface area contributed by atoms with E-state index in [4.69, 9.17) is 16.3 Å². The molecule has 0 spiro atoms. The molecule has 22 heavy (non-hydrogen) atoms. The van der Waals surface area contributed by atoms with Gasteiger partial charge in [0, 0.05) is 12.6 Å². The van der Waals surface area contributed by atoms with Gasteiger partial charge in [-0.1, -0.05) is 11.6 Å². The zero-order chi connectivity index (χ0) is 15.9. The van der Waals surface area contributed by atoms with Crippen molar-refractivity contribution in [3.63, 3.8) is 0 Å². The van der Waals surface area contributed by atoms with E-state index in [9.17, 15) is 9.59 Å². The molecule has 0 amide bonds. The number of fused-ring (bicyclic) bond motifs is 1. The van der Waals surface area contributed by atoms with Crippen LogP contribution in [0.4, 0.5) is 0 Å². The first-order valence-corrected chi connectivity index (χ1v) is 6.56. The van der Waals surface area contributed by atoms with Gasteiger partial charge in [-0.05, 0) is 18.2 Å². The lowest BCUT2D eigenvalue weighted by molar-refractivity contribution is 0.415. The molecule has 1 aromatic carbocycles. The number of benzene rings is 1.